The lowest BCUT2D eigenvalue weighted by atomic mass is 10.1. The predicted molar refractivity (Wildman–Crippen MR) is 68.0 cm³/mol. The number of thiocarbonyl (C=S) groups is 1. The van der Waals surface area contributed by atoms with E-state index >= 15 is 0 Å². The Morgan fingerprint density at radius 2 is 2.27 bits per heavy atom. The summed E-state index contributed by atoms with van der Waals surface area (Å²) in [6, 6.07) is 5.51. The minimum atomic E-state index is 0.107. The zero-order chi connectivity index (χ0) is 11.4. The van der Waals surface area contributed by atoms with Gasteiger partial charge < -0.3 is 5.73 Å². The molecule has 0 spiro atoms. The average Bonchev–Trinajstić information content (AvgIpc) is 2.18. The smallest absolute Gasteiger partial charge is 0.184 e. The molecule has 5 heteroatoms. The predicted octanol–water partition coefficient (Wildman–Crippen LogP) is 2.02. The summed E-state index contributed by atoms with van der Waals surface area (Å²) in [5.41, 5.74) is 10.2. The Labute approximate surface area is 99.3 Å². The van der Waals surface area contributed by atoms with Crippen molar-refractivity contribution in [2.24, 2.45) is 10.8 Å². The van der Waals surface area contributed by atoms with Gasteiger partial charge in [0.05, 0.1) is 5.71 Å². The van der Waals surface area contributed by atoms with Crippen LogP contribution >= 0.6 is 23.8 Å². The molecule has 0 fully saturated rings. The normalized spacial score (nSPS) is 11.3. The van der Waals surface area contributed by atoms with Gasteiger partial charge in [-0.1, -0.05) is 17.7 Å². The van der Waals surface area contributed by atoms with Gasteiger partial charge in [0.2, 0.25) is 0 Å². The molecule has 0 aliphatic carbocycles. The van der Waals surface area contributed by atoms with Gasteiger partial charge in [-0.3, -0.25) is 5.43 Å². The maximum Gasteiger partial charge on any atom is 0.184 e. The first-order chi connectivity index (χ1) is 7.00. The van der Waals surface area contributed by atoms with Gasteiger partial charge in [-0.25, -0.2) is 0 Å². The molecule has 1 radical (unpaired) electrons. The monoisotopic (exact) mass is 240 g/mol. The summed E-state index contributed by atoms with van der Waals surface area (Å²) in [5, 5.41) is 4.67. The van der Waals surface area contributed by atoms with Crippen molar-refractivity contribution in [3.05, 3.63) is 41.3 Å². The largest absolute Gasteiger partial charge is 0.375 e. The fraction of sp³-hybridized carbons (Fsp3) is 0.100. The van der Waals surface area contributed by atoms with E-state index in [0.717, 1.165) is 11.1 Å². The molecular weight excluding hydrogens is 230 g/mol. The third-order valence-corrected chi connectivity index (χ3v) is 2.14. The Hall–Kier alpha value is -1.13. The Bertz CT molecular complexity index is 415. The van der Waals surface area contributed by atoms with Crippen molar-refractivity contribution in [2.75, 3.05) is 0 Å². The number of hydrazone groups is 1. The van der Waals surface area contributed by atoms with Crippen LogP contribution in [0, 0.1) is 13.8 Å². The molecule has 1 aromatic rings. The molecule has 0 heterocycles. The summed E-state index contributed by atoms with van der Waals surface area (Å²) in [4.78, 5) is 0. The van der Waals surface area contributed by atoms with Gasteiger partial charge in [0, 0.05) is 10.6 Å². The summed E-state index contributed by atoms with van der Waals surface area (Å²) >= 11 is 10.5. The summed E-state index contributed by atoms with van der Waals surface area (Å²) in [6.45, 7) is 5.75. The quantitative estimate of drug-likeness (QED) is 0.473. The molecule has 3 nitrogen and oxygen atoms in total. The number of rotatable bonds is 2. The molecule has 1 aromatic carbocycles. The lowest BCUT2D eigenvalue weighted by Crippen LogP contribution is -2.25. The van der Waals surface area contributed by atoms with Crippen LogP contribution in [-0.4, -0.2) is 10.8 Å². The molecule has 0 atom stereocenters. The zero-order valence-electron chi connectivity index (χ0n) is 8.25. The first kappa shape index (κ1) is 11.9. The summed E-state index contributed by atoms with van der Waals surface area (Å²) in [7, 11) is 0. The molecule has 0 bridgehead atoms. The highest BCUT2D eigenvalue weighted by Crippen LogP contribution is 2.15. The molecule has 0 saturated carbocycles. The van der Waals surface area contributed by atoms with Crippen LogP contribution < -0.4 is 11.2 Å². The Balaban J connectivity index is 2.99. The van der Waals surface area contributed by atoms with Gasteiger partial charge in [-0.05, 0) is 43.8 Å². The molecule has 15 heavy (non-hydrogen) atoms. The topological polar surface area (TPSA) is 50.4 Å². The molecule has 1 rings (SSSR count). The third-order valence-electron chi connectivity index (χ3n) is 1.81. The molecule has 0 aliphatic rings. The fourth-order valence-corrected chi connectivity index (χ4v) is 1.31. The van der Waals surface area contributed by atoms with Crippen LogP contribution in [0.5, 0.6) is 0 Å². The third kappa shape index (κ3) is 3.49. The molecule has 0 unspecified atom stereocenters. The van der Waals surface area contributed by atoms with Gasteiger partial charge in [0.15, 0.2) is 5.11 Å². The van der Waals surface area contributed by atoms with E-state index in [1.807, 2.05) is 19.1 Å². The molecular formula is C10H11ClN3S. The first-order valence-electron chi connectivity index (χ1n) is 4.22. The van der Waals surface area contributed by atoms with E-state index in [-0.39, 0.29) is 5.11 Å². The van der Waals surface area contributed by atoms with E-state index in [1.165, 1.54) is 0 Å². The highest BCUT2D eigenvalue weighted by Gasteiger charge is 2.03. The lowest BCUT2D eigenvalue weighted by molar-refractivity contribution is 1.03. The average molecular weight is 241 g/mol. The number of aryl methyl sites for hydroxylation is 1. The summed E-state index contributed by atoms with van der Waals surface area (Å²) in [5.74, 6) is 0. The van der Waals surface area contributed by atoms with E-state index in [1.54, 1.807) is 6.07 Å². The van der Waals surface area contributed by atoms with Gasteiger partial charge >= 0.3 is 0 Å². The van der Waals surface area contributed by atoms with Crippen molar-refractivity contribution < 1.29 is 0 Å². The van der Waals surface area contributed by atoms with E-state index < -0.39 is 0 Å². The number of hydrogen-bond donors (Lipinski definition) is 2. The van der Waals surface area contributed by atoms with E-state index in [4.69, 9.17) is 17.3 Å². The van der Waals surface area contributed by atoms with Crippen LogP contribution in [0.1, 0.15) is 11.1 Å². The van der Waals surface area contributed by atoms with E-state index in [0.29, 0.717) is 10.7 Å². The SMILES string of the molecule is [CH2]C(=NNC(N)=S)c1cc(Cl)ccc1C. The van der Waals surface area contributed by atoms with Crippen LogP contribution in [0.25, 0.3) is 0 Å². The van der Waals surface area contributed by atoms with Crippen LogP contribution in [0.2, 0.25) is 5.02 Å². The highest BCUT2D eigenvalue weighted by molar-refractivity contribution is 7.80. The summed E-state index contributed by atoms with van der Waals surface area (Å²) in [6.07, 6.45) is 0. The number of nitrogens with zero attached hydrogens (tertiary/aromatic N) is 1. The zero-order valence-corrected chi connectivity index (χ0v) is 9.82. The van der Waals surface area contributed by atoms with Crippen molar-refractivity contribution >= 4 is 34.6 Å². The maximum absolute atomic E-state index is 5.87. The number of benzene rings is 1. The maximum atomic E-state index is 5.87. The minimum absolute atomic E-state index is 0.107. The van der Waals surface area contributed by atoms with Crippen molar-refractivity contribution in [2.45, 2.75) is 6.92 Å². The van der Waals surface area contributed by atoms with Crippen LogP contribution in [0.3, 0.4) is 0 Å². The number of halogens is 1. The van der Waals surface area contributed by atoms with E-state index in [2.05, 4.69) is 29.7 Å². The molecule has 0 aliphatic heterocycles. The first-order valence-corrected chi connectivity index (χ1v) is 5.01. The minimum Gasteiger partial charge on any atom is -0.375 e. The van der Waals surface area contributed by atoms with Gasteiger partial charge in [0.1, 0.15) is 0 Å². The van der Waals surface area contributed by atoms with Gasteiger partial charge in [-0.15, -0.1) is 0 Å². The lowest BCUT2D eigenvalue weighted by Gasteiger charge is -2.06. The Morgan fingerprint density at radius 1 is 1.60 bits per heavy atom. The van der Waals surface area contributed by atoms with Crippen molar-refractivity contribution in [1.82, 2.24) is 5.43 Å². The second-order valence-corrected chi connectivity index (χ2v) is 3.87. The summed E-state index contributed by atoms with van der Waals surface area (Å²) < 4.78 is 0. The highest BCUT2D eigenvalue weighted by atomic mass is 35.5. The Kier molecular flexibility index (Phi) is 4.05. The number of nitrogens with one attached hydrogen (secondary N) is 1. The molecule has 0 aromatic heterocycles. The standard InChI is InChI=1S/C10H11ClN3S/c1-6-3-4-8(11)5-9(6)7(2)13-14-10(12)15/h3-5H,2H2,1H3,(H3,12,14,15). The van der Waals surface area contributed by atoms with Gasteiger partial charge in [0.25, 0.3) is 0 Å². The second kappa shape index (κ2) is 5.09. The molecule has 0 saturated heterocycles. The Morgan fingerprint density at radius 3 is 2.87 bits per heavy atom. The van der Waals surface area contributed by atoms with Crippen molar-refractivity contribution in [1.29, 1.82) is 0 Å². The number of nitrogens with two attached hydrogens (primary N) is 1. The van der Waals surface area contributed by atoms with Gasteiger partial charge in [-0.2, -0.15) is 5.10 Å². The van der Waals surface area contributed by atoms with Crippen LogP contribution in [0.4, 0.5) is 0 Å². The fourth-order valence-electron chi connectivity index (χ4n) is 1.09. The van der Waals surface area contributed by atoms with Crippen molar-refractivity contribution in [3.63, 3.8) is 0 Å². The molecule has 79 valence electrons. The second-order valence-electron chi connectivity index (χ2n) is 2.99. The van der Waals surface area contributed by atoms with Crippen molar-refractivity contribution in [3.8, 4) is 0 Å². The molecule has 0 amide bonds. The van der Waals surface area contributed by atoms with E-state index in [9.17, 15) is 0 Å². The molecule has 3 N–H and O–H groups in total. The number of hydrogen-bond acceptors (Lipinski definition) is 2. The van der Waals surface area contributed by atoms with Crippen LogP contribution in [-0.2, 0) is 0 Å². The van der Waals surface area contributed by atoms with Crippen LogP contribution in [0.15, 0.2) is 23.3 Å².